The maximum absolute atomic E-state index is 12.5. The molecule has 0 aromatic heterocycles. The molecule has 0 fully saturated rings. The van der Waals surface area contributed by atoms with E-state index in [2.05, 4.69) is 5.32 Å². The van der Waals surface area contributed by atoms with Crippen LogP contribution in [0, 0.1) is 0 Å². The number of carbonyl (C=O) groups is 1. The first-order valence-corrected chi connectivity index (χ1v) is 10.8. The van der Waals surface area contributed by atoms with Crippen LogP contribution < -0.4 is 14.3 Å². The third-order valence-electron chi connectivity index (χ3n) is 4.71. The molecule has 0 unspecified atom stereocenters. The highest BCUT2D eigenvalue weighted by Crippen LogP contribution is 2.33. The van der Waals surface area contributed by atoms with Crippen molar-refractivity contribution in [3.8, 4) is 5.75 Å². The number of nitrogens with zero attached hydrogens (tertiary/aromatic N) is 1. The van der Waals surface area contributed by atoms with Gasteiger partial charge in [-0.3, -0.25) is 4.79 Å². The van der Waals surface area contributed by atoms with E-state index in [9.17, 15) is 23.4 Å². The number of aliphatic hydroxyl groups is 1. The molecule has 0 radical (unpaired) electrons. The van der Waals surface area contributed by atoms with Crippen molar-refractivity contribution in [3.05, 3.63) is 102 Å². The Kier molecular flexibility index (Phi) is 5.26. The van der Waals surface area contributed by atoms with Crippen LogP contribution in [0.1, 0.15) is 21.5 Å². The minimum Gasteiger partial charge on any atom is -0.506 e. The van der Waals surface area contributed by atoms with Gasteiger partial charge in [0.1, 0.15) is 11.4 Å². The van der Waals surface area contributed by atoms with Gasteiger partial charge in [0, 0.05) is 11.3 Å². The molecule has 1 heterocycles. The lowest BCUT2D eigenvalue weighted by atomic mass is 10.0. The predicted molar refractivity (Wildman–Crippen MR) is 117 cm³/mol. The zero-order chi connectivity index (χ0) is 22.0. The number of phenolic OH excluding ortho intramolecular Hbond substituents is 1. The van der Waals surface area contributed by atoms with Gasteiger partial charge in [-0.2, -0.15) is 8.42 Å². The summed E-state index contributed by atoms with van der Waals surface area (Å²) in [5, 5.41) is 22.7. The second-order valence-electron chi connectivity index (χ2n) is 6.89. The maximum atomic E-state index is 12.5. The Balaban J connectivity index is 1.57. The van der Waals surface area contributed by atoms with Crippen LogP contribution in [0.4, 0.5) is 11.4 Å². The van der Waals surface area contributed by atoms with Crippen LogP contribution in [0.15, 0.2) is 84.9 Å². The number of anilines is 2. The molecule has 0 spiro atoms. The molecular formula is C22H19N3O5S. The van der Waals surface area contributed by atoms with Gasteiger partial charge in [-0.05, 0) is 47.9 Å². The summed E-state index contributed by atoms with van der Waals surface area (Å²) in [6, 6.07) is 20.7. The number of aromatic hydroxyl groups is 1. The Morgan fingerprint density at radius 3 is 2.35 bits per heavy atom. The van der Waals surface area contributed by atoms with Crippen molar-refractivity contribution in [1.82, 2.24) is 4.72 Å². The molecule has 0 aliphatic carbocycles. The van der Waals surface area contributed by atoms with Crippen molar-refractivity contribution in [2.24, 2.45) is 0 Å². The molecular weight excluding hydrogens is 418 g/mol. The van der Waals surface area contributed by atoms with Gasteiger partial charge in [0.15, 0.2) is 0 Å². The van der Waals surface area contributed by atoms with Gasteiger partial charge >= 0.3 is 10.2 Å². The van der Waals surface area contributed by atoms with Crippen LogP contribution >= 0.6 is 0 Å². The fourth-order valence-electron chi connectivity index (χ4n) is 3.25. The normalized spacial score (nSPS) is 14.6. The minimum atomic E-state index is -4.00. The average molecular weight is 437 g/mol. The molecule has 9 heteroatoms. The maximum Gasteiger partial charge on any atom is 0.330 e. The van der Waals surface area contributed by atoms with Gasteiger partial charge in [0.2, 0.25) is 5.88 Å². The molecule has 158 valence electrons. The summed E-state index contributed by atoms with van der Waals surface area (Å²) in [7, 11) is -4.00. The highest BCUT2D eigenvalue weighted by molar-refractivity contribution is 7.91. The molecule has 0 saturated carbocycles. The molecule has 8 nitrogen and oxygen atoms in total. The summed E-state index contributed by atoms with van der Waals surface area (Å²) >= 11 is 0. The van der Waals surface area contributed by atoms with Gasteiger partial charge in [0.25, 0.3) is 5.91 Å². The average Bonchev–Trinajstić information content (AvgIpc) is 3.02. The highest BCUT2D eigenvalue weighted by atomic mass is 32.2. The number of aliphatic hydroxyl groups excluding tert-OH is 1. The molecule has 1 aliphatic rings. The molecule has 31 heavy (non-hydrogen) atoms. The molecule has 1 aliphatic heterocycles. The van der Waals surface area contributed by atoms with Crippen LogP contribution in [0.3, 0.4) is 0 Å². The van der Waals surface area contributed by atoms with Gasteiger partial charge in [-0.1, -0.05) is 42.5 Å². The molecule has 4 rings (SSSR count). The van der Waals surface area contributed by atoms with E-state index in [4.69, 9.17) is 0 Å². The van der Waals surface area contributed by atoms with Gasteiger partial charge in [0.05, 0.1) is 6.20 Å². The summed E-state index contributed by atoms with van der Waals surface area (Å²) in [6.07, 6.45) is 1.36. The summed E-state index contributed by atoms with van der Waals surface area (Å²) in [5.41, 5.74) is 2.72. The van der Waals surface area contributed by atoms with Crippen LogP contribution in [-0.4, -0.2) is 24.5 Å². The fourth-order valence-corrected chi connectivity index (χ4v) is 4.32. The smallest absolute Gasteiger partial charge is 0.330 e. The monoisotopic (exact) mass is 437 g/mol. The first-order chi connectivity index (χ1) is 14.8. The van der Waals surface area contributed by atoms with Crippen LogP contribution in [0.5, 0.6) is 5.75 Å². The standard InChI is InChI=1S/C22H19N3O5S/c26-20-13-15(10-11-19(20)25-14-21(27)24-31(25,29)30)12-17-8-4-5-9-18(17)23-22(28)16-6-2-1-3-7-16/h1-11,13-14,24,26-27H,12H2,(H,23,28). The third kappa shape index (κ3) is 4.31. The Morgan fingerprint density at radius 2 is 1.68 bits per heavy atom. The number of hydrogen-bond acceptors (Lipinski definition) is 5. The van der Waals surface area contributed by atoms with E-state index in [0.717, 1.165) is 16.1 Å². The second-order valence-corrected chi connectivity index (χ2v) is 8.44. The Labute approximate surface area is 179 Å². The fraction of sp³-hybridized carbons (Fsp3) is 0.0455. The van der Waals surface area contributed by atoms with E-state index in [1.165, 1.54) is 12.1 Å². The summed E-state index contributed by atoms with van der Waals surface area (Å²) in [5.74, 6) is -1.03. The van der Waals surface area contributed by atoms with Crippen molar-refractivity contribution in [1.29, 1.82) is 0 Å². The topological polar surface area (TPSA) is 119 Å². The summed E-state index contributed by atoms with van der Waals surface area (Å²) in [6.45, 7) is 0. The van der Waals surface area contributed by atoms with Crippen LogP contribution in [-0.2, 0) is 16.6 Å². The van der Waals surface area contributed by atoms with Crippen LogP contribution in [0.25, 0.3) is 0 Å². The van der Waals surface area contributed by atoms with E-state index in [1.807, 2.05) is 29.0 Å². The van der Waals surface area contributed by atoms with E-state index >= 15 is 0 Å². The molecule has 1 amide bonds. The Hall–Kier alpha value is -3.98. The number of nitrogens with one attached hydrogen (secondary N) is 2. The number of benzene rings is 3. The van der Waals surface area contributed by atoms with Crippen LogP contribution in [0.2, 0.25) is 0 Å². The number of carbonyl (C=O) groups excluding carboxylic acids is 1. The highest BCUT2D eigenvalue weighted by Gasteiger charge is 2.30. The zero-order valence-electron chi connectivity index (χ0n) is 16.2. The third-order valence-corrected chi connectivity index (χ3v) is 5.99. The van der Waals surface area contributed by atoms with E-state index < -0.39 is 16.1 Å². The summed E-state index contributed by atoms with van der Waals surface area (Å²) < 4.78 is 26.7. The predicted octanol–water partition coefficient (Wildman–Crippen LogP) is 3.25. The first kappa shape index (κ1) is 20.3. The Morgan fingerprint density at radius 1 is 0.968 bits per heavy atom. The molecule has 0 saturated heterocycles. The Bertz CT molecular complexity index is 1270. The van der Waals surface area contributed by atoms with Gasteiger partial charge in [-0.15, -0.1) is 0 Å². The van der Waals surface area contributed by atoms with Crippen molar-refractivity contribution in [2.45, 2.75) is 6.42 Å². The minimum absolute atomic E-state index is 0.00552. The van der Waals surface area contributed by atoms with Crippen molar-refractivity contribution in [3.63, 3.8) is 0 Å². The molecule has 3 aromatic rings. The van der Waals surface area contributed by atoms with E-state index in [1.54, 1.807) is 36.4 Å². The van der Waals surface area contributed by atoms with Crippen molar-refractivity contribution in [2.75, 3.05) is 9.62 Å². The molecule has 0 bridgehead atoms. The zero-order valence-corrected chi connectivity index (χ0v) is 17.0. The largest absolute Gasteiger partial charge is 0.506 e. The van der Waals surface area contributed by atoms with Gasteiger partial charge in [-0.25, -0.2) is 9.03 Å². The lowest BCUT2D eigenvalue weighted by Crippen LogP contribution is -2.29. The SMILES string of the molecule is O=C(Nc1ccccc1Cc1ccc(N2C=C(O)NS2(=O)=O)c(O)c1)c1ccccc1. The van der Waals surface area contributed by atoms with E-state index in [0.29, 0.717) is 23.2 Å². The molecule has 0 atom stereocenters. The number of phenols is 1. The summed E-state index contributed by atoms with van der Waals surface area (Å²) in [4.78, 5) is 12.5. The lowest BCUT2D eigenvalue weighted by Gasteiger charge is -2.16. The quantitative estimate of drug-likeness (QED) is 0.489. The van der Waals surface area contributed by atoms with Crippen molar-refractivity contribution < 1.29 is 23.4 Å². The first-order valence-electron chi connectivity index (χ1n) is 9.33. The molecule has 3 aromatic carbocycles. The van der Waals surface area contributed by atoms with Crippen molar-refractivity contribution >= 4 is 27.5 Å². The second kappa shape index (κ2) is 8.04. The lowest BCUT2D eigenvalue weighted by molar-refractivity contribution is 0.102. The number of hydrogen-bond donors (Lipinski definition) is 4. The van der Waals surface area contributed by atoms with E-state index in [-0.39, 0.29) is 17.3 Å². The number of para-hydroxylation sites is 1. The van der Waals surface area contributed by atoms with Gasteiger partial charge < -0.3 is 15.5 Å². The molecule has 4 N–H and O–H groups in total. The number of rotatable bonds is 5. The number of amides is 1.